The molecule has 2 aromatic carbocycles. The molecule has 0 heterocycles. The number of carbonyl (C=O) groups is 1. The van der Waals surface area contributed by atoms with Crippen molar-refractivity contribution in [2.24, 2.45) is 0 Å². The first-order chi connectivity index (χ1) is 12.5. The number of carbonyl (C=O) groups excluding carboxylic acids is 1. The maximum absolute atomic E-state index is 12.7. The predicted octanol–water partition coefficient (Wildman–Crippen LogP) is 3.10. The van der Waals surface area contributed by atoms with Crippen molar-refractivity contribution in [3.63, 3.8) is 0 Å². The molecule has 27 heavy (non-hydrogen) atoms. The van der Waals surface area contributed by atoms with Crippen LogP contribution in [0.25, 0.3) is 0 Å². The number of sulfonamides is 1. The first kappa shape index (κ1) is 20.8. The number of nitrogens with one attached hydrogen (secondary N) is 1. The minimum Gasteiger partial charge on any atom is -0.350 e. The number of nitrogens with zero attached hydrogens (tertiary/aromatic N) is 1. The first-order valence-corrected chi connectivity index (χ1v) is 9.79. The Balaban J connectivity index is 2.13. The van der Waals surface area contributed by atoms with Gasteiger partial charge in [0.25, 0.3) is 0 Å². The highest BCUT2D eigenvalue weighted by Gasteiger charge is 2.30. The van der Waals surface area contributed by atoms with Crippen LogP contribution in [0.4, 0.5) is 18.9 Å². The second kappa shape index (κ2) is 7.99. The second-order valence-corrected chi connectivity index (χ2v) is 7.92. The van der Waals surface area contributed by atoms with Gasteiger partial charge >= 0.3 is 6.18 Å². The molecule has 0 aliphatic carbocycles. The molecular formula is C18H19F3N2O3S. The molecule has 0 aliphatic rings. The third-order valence-corrected chi connectivity index (χ3v) is 5.05. The van der Waals surface area contributed by atoms with Crippen molar-refractivity contribution in [3.8, 4) is 0 Å². The summed E-state index contributed by atoms with van der Waals surface area (Å²) in [6, 6.07) is 11.0. The molecule has 1 amide bonds. The lowest BCUT2D eigenvalue weighted by molar-refractivity contribution is -0.137. The third kappa shape index (κ3) is 5.72. The Hall–Kier alpha value is -2.55. The van der Waals surface area contributed by atoms with E-state index in [0.717, 1.165) is 46.0 Å². The highest BCUT2D eigenvalue weighted by atomic mass is 32.2. The standard InChI is InChI=1S/C18H19F3N2O3S/c1-13-5-3-4-6-14(13)11-22-17(24)12-23(27(2,25)26)16-9-7-15(8-10-16)18(19,20)21/h3-10H,11-12H2,1-2H3,(H,22,24). The molecule has 2 aromatic rings. The normalized spacial score (nSPS) is 11.9. The van der Waals surface area contributed by atoms with Crippen LogP contribution in [0.3, 0.4) is 0 Å². The van der Waals surface area contributed by atoms with Crippen LogP contribution >= 0.6 is 0 Å². The Morgan fingerprint density at radius 3 is 2.19 bits per heavy atom. The van der Waals surface area contributed by atoms with Crippen LogP contribution in [0.2, 0.25) is 0 Å². The molecule has 1 N–H and O–H groups in total. The van der Waals surface area contributed by atoms with Gasteiger partial charge in [0.05, 0.1) is 17.5 Å². The maximum Gasteiger partial charge on any atom is 0.416 e. The van der Waals surface area contributed by atoms with E-state index in [4.69, 9.17) is 0 Å². The lowest BCUT2D eigenvalue weighted by atomic mass is 10.1. The average Bonchev–Trinajstić information content (AvgIpc) is 2.57. The Morgan fingerprint density at radius 1 is 1.07 bits per heavy atom. The van der Waals surface area contributed by atoms with Crippen LogP contribution < -0.4 is 9.62 Å². The number of anilines is 1. The maximum atomic E-state index is 12.7. The number of hydrogen-bond donors (Lipinski definition) is 1. The van der Waals surface area contributed by atoms with Gasteiger partial charge in [0, 0.05) is 6.54 Å². The molecule has 146 valence electrons. The van der Waals surface area contributed by atoms with E-state index in [1.54, 1.807) is 0 Å². The van der Waals surface area contributed by atoms with E-state index in [1.807, 2.05) is 31.2 Å². The molecule has 0 fully saturated rings. The molecule has 0 saturated carbocycles. The fraction of sp³-hybridized carbons (Fsp3) is 0.278. The van der Waals surface area contributed by atoms with Crippen molar-refractivity contribution >= 4 is 21.6 Å². The van der Waals surface area contributed by atoms with Gasteiger partial charge in [-0.3, -0.25) is 9.10 Å². The van der Waals surface area contributed by atoms with Gasteiger partial charge in [-0.15, -0.1) is 0 Å². The quantitative estimate of drug-likeness (QED) is 0.810. The topological polar surface area (TPSA) is 66.5 Å². The summed E-state index contributed by atoms with van der Waals surface area (Å²) >= 11 is 0. The Labute approximate surface area is 155 Å². The summed E-state index contributed by atoms with van der Waals surface area (Å²) in [5.74, 6) is -0.566. The largest absolute Gasteiger partial charge is 0.416 e. The zero-order valence-electron chi connectivity index (χ0n) is 14.7. The molecule has 0 bridgehead atoms. The van der Waals surface area contributed by atoms with Gasteiger partial charge in [0.15, 0.2) is 0 Å². The fourth-order valence-electron chi connectivity index (χ4n) is 2.41. The predicted molar refractivity (Wildman–Crippen MR) is 96.7 cm³/mol. The summed E-state index contributed by atoms with van der Waals surface area (Å²) in [5, 5.41) is 2.62. The van der Waals surface area contributed by atoms with E-state index < -0.39 is 34.2 Å². The molecule has 5 nitrogen and oxygen atoms in total. The van der Waals surface area contributed by atoms with Gasteiger partial charge in [-0.05, 0) is 42.3 Å². The number of aryl methyl sites for hydroxylation is 1. The molecule has 0 aromatic heterocycles. The molecule has 0 unspecified atom stereocenters. The molecule has 0 atom stereocenters. The molecule has 9 heteroatoms. The number of benzene rings is 2. The second-order valence-electron chi connectivity index (χ2n) is 6.02. The summed E-state index contributed by atoms with van der Waals surface area (Å²) in [4.78, 5) is 12.2. The Kier molecular flexibility index (Phi) is 6.15. The van der Waals surface area contributed by atoms with Crippen LogP contribution in [-0.2, 0) is 27.5 Å². The van der Waals surface area contributed by atoms with Gasteiger partial charge in [0.1, 0.15) is 6.54 Å². The van der Waals surface area contributed by atoms with Crippen molar-refractivity contribution in [2.75, 3.05) is 17.1 Å². The third-order valence-electron chi connectivity index (χ3n) is 3.91. The van der Waals surface area contributed by atoms with E-state index in [-0.39, 0.29) is 12.2 Å². The Morgan fingerprint density at radius 2 is 1.67 bits per heavy atom. The summed E-state index contributed by atoms with van der Waals surface area (Å²) < 4.78 is 62.8. The zero-order chi connectivity index (χ0) is 20.2. The number of hydrogen-bond acceptors (Lipinski definition) is 3. The smallest absolute Gasteiger partial charge is 0.350 e. The Bertz CT molecular complexity index is 910. The zero-order valence-corrected chi connectivity index (χ0v) is 15.6. The van der Waals surface area contributed by atoms with E-state index in [2.05, 4.69) is 5.32 Å². The summed E-state index contributed by atoms with van der Waals surface area (Å²) in [6.07, 6.45) is -3.64. The van der Waals surface area contributed by atoms with Crippen molar-refractivity contribution in [2.45, 2.75) is 19.6 Å². The van der Waals surface area contributed by atoms with E-state index in [9.17, 15) is 26.4 Å². The lowest BCUT2D eigenvalue weighted by Gasteiger charge is -2.22. The van der Waals surface area contributed by atoms with Gasteiger partial charge in [-0.1, -0.05) is 24.3 Å². The molecule has 0 saturated heterocycles. The molecule has 0 radical (unpaired) electrons. The molecular weight excluding hydrogens is 381 g/mol. The van der Waals surface area contributed by atoms with Crippen molar-refractivity contribution in [1.82, 2.24) is 5.32 Å². The first-order valence-electron chi connectivity index (χ1n) is 7.94. The van der Waals surface area contributed by atoms with Crippen molar-refractivity contribution in [1.29, 1.82) is 0 Å². The number of halogens is 3. The highest BCUT2D eigenvalue weighted by Crippen LogP contribution is 2.30. The van der Waals surface area contributed by atoms with E-state index >= 15 is 0 Å². The number of amides is 1. The van der Waals surface area contributed by atoms with Crippen LogP contribution in [0.5, 0.6) is 0 Å². The number of rotatable bonds is 6. The summed E-state index contributed by atoms with van der Waals surface area (Å²) in [7, 11) is -3.86. The average molecular weight is 400 g/mol. The van der Waals surface area contributed by atoms with Gasteiger partial charge in [-0.2, -0.15) is 13.2 Å². The van der Waals surface area contributed by atoms with E-state index in [0.29, 0.717) is 0 Å². The summed E-state index contributed by atoms with van der Waals surface area (Å²) in [6.45, 7) is 1.57. The lowest BCUT2D eigenvalue weighted by Crippen LogP contribution is -2.40. The van der Waals surface area contributed by atoms with Crippen LogP contribution in [0, 0.1) is 6.92 Å². The number of alkyl halides is 3. The van der Waals surface area contributed by atoms with Crippen LogP contribution in [0.1, 0.15) is 16.7 Å². The van der Waals surface area contributed by atoms with Gasteiger partial charge < -0.3 is 5.32 Å². The van der Waals surface area contributed by atoms with Crippen molar-refractivity contribution in [3.05, 3.63) is 65.2 Å². The van der Waals surface area contributed by atoms with Crippen LogP contribution in [-0.4, -0.2) is 27.1 Å². The minimum absolute atomic E-state index is 0.0171. The molecule has 0 spiro atoms. The van der Waals surface area contributed by atoms with Gasteiger partial charge in [-0.25, -0.2) is 8.42 Å². The molecule has 0 aliphatic heterocycles. The molecule has 2 rings (SSSR count). The summed E-state index contributed by atoms with van der Waals surface area (Å²) in [5.41, 5.74) is 0.937. The SMILES string of the molecule is Cc1ccccc1CNC(=O)CN(c1ccc(C(F)(F)F)cc1)S(C)(=O)=O. The highest BCUT2D eigenvalue weighted by molar-refractivity contribution is 7.92. The van der Waals surface area contributed by atoms with Crippen LogP contribution in [0.15, 0.2) is 48.5 Å². The van der Waals surface area contributed by atoms with Crippen molar-refractivity contribution < 1.29 is 26.4 Å². The van der Waals surface area contributed by atoms with E-state index in [1.165, 1.54) is 0 Å². The monoisotopic (exact) mass is 400 g/mol. The minimum atomic E-state index is -4.53. The van der Waals surface area contributed by atoms with Gasteiger partial charge in [0.2, 0.25) is 15.9 Å². The fourth-order valence-corrected chi connectivity index (χ4v) is 3.26.